The first-order chi connectivity index (χ1) is 8.47. The zero-order valence-electron chi connectivity index (χ0n) is 13.0. The van der Waals surface area contributed by atoms with Gasteiger partial charge in [0, 0.05) is 25.8 Å². The highest BCUT2D eigenvalue weighted by Crippen LogP contribution is 2.40. The van der Waals surface area contributed by atoms with Gasteiger partial charge in [0.25, 0.3) is 0 Å². The van der Waals surface area contributed by atoms with Crippen LogP contribution in [0.5, 0.6) is 0 Å². The number of unbranched alkanes of at least 4 members (excludes halogenated alkanes) is 1. The largest absolute Gasteiger partial charge is 0.385 e. The highest BCUT2D eigenvalue weighted by Gasteiger charge is 2.32. The van der Waals surface area contributed by atoms with Crippen LogP contribution in [-0.4, -0.2) is 25.8 Å². The van der Waals surface area contributed by atoms with Gasteiger partial charge >= 0.3 is 0 Å². The molecule has 0 atom stereocenters. The highest BCUT2D eigenvalue weighted by atomic mass is 16.5. The van der Waals surface area contributed by atoms with Gasteiger partial charge in [-0.15, -0.1) is 0 Å². The van der Waals surface area contributed by atoms with Crippen molar-refractivity contribution in [1.82, 2.24) is 5.32 Å². The van der Waals surface area contributed by atoms with E-state index in [-0.39, 0.29) is 5.54 Å². The Morgan fingerprint density at radius 1 is 1.06 bits per heavy atom. The average Bonchev–Trinajstić information content (AvgIpc) is 2.33. The van der Waals surface area contributed by atoms with Crippen LogP contribution < -0.4 is 5.32 Å². The monoisotopic (exact) mass is 255 g/mol. The Balaban J connectivity index is 2.41. The summed E-state index contributed by atoms with van der Waals surface area (Å²) in [6.07, 6.45) is 11.0. The van der Waals surface area contributed by atoms with E-state index in [1.165, 1.54) is 57.9 Å². The van der Waals surface area contributed by atoms with Gasteiger partial charge in [0.2, 0.25) is 0 Å². The number of nitrogens with one attached hydrogen (secondary N) is 1. The summed E-state index contributed by atoms with van der Waals surface area (Å²) in [5.41, 5.74) is 0.816. The number of methoxy groups -OCH3 is 1. The molecule has 0 aromatic heterocycles. The van der Waals surface area contributed by atoms with Crippen LogP contribution in [0.1, 0.15) is 72.1 Å². The minimum atomic E-state index is 0.247. The van der Waals surface area contributed by atoms with Gasteiger partial charge in [0.05, 0.1) is 0 Å². The number of rotatable bonds is 7. The van der Waals surface area contributed by atoms with Crippen LogP contribution in [0.25, 0.3) is 0 Å². The summed E-state index contributed by atoms with van der Waals surface area (Å²) in [6.45, 7) is 8.93. The summed E-state index contributed by atoms with van der Waals surface area (Å²) in [5.74, 6) is 0. The first kappa shape index (κ1) is 16.0. The van der Waals surface area contributed by atoms with E-state index in [9.17, 15) is 0 Å². The SMILES string of the molecule is COCCCCC1(CNC(C)(C)C)CCCCC1. The molecule has 0 amide bonds. The van der Waals surface area contributed by atoms with E-state index >= 15 is 0 Å². The molecule has 0 radical (unpaired) electrons. The molecule has 108 valence electrons. The molecule has 1 aliphatic rings. The second kappa shape index (κ2) is 7.49. The van der Waals surface area contributed by atoms with Crippen molar-refractivity contribution in [2.24, 2.45) is 5.41 Å². The van der Waals surface area contributed by atoms with E-state index in [0.29, 0.717) is 5.41 Å². The highest BCUT2D eigenvalue weighted by molar-refractivity contribution is 4.87. The second-order valence-corrected chi connectivity index (χ2v) is 7.11. The molecule has 0 heterocycles. The molecule has 2 nitrogen and oxygen atoms in total. The van der Waals surface area contributed by atoms with Gasteiger partial charge in [0.1, 0.15) is 0 Å². The van der Waals surface area contributed by atoms with Gasteiger partial charge in [-0.05, 0) is 51.9 Å². The molecule has 0 saturated heterocycles. The topological polar surface area (TPSA) is 21.3 Å². The van der Waals surface area contributed by atoms with E-state index in [2.05, 4.69) is 26.1 Å². The predicted octanol–water partition coefficient (Wildman–Crippen LogP) is 4.14. The molecule has 0 spiro atoms. The summed E-state index contributed by atoms with van der Waals surface area (Å²) in [5, 5.41) is 3.74. The second-order valence-electron chi connectivity index (χ2n) is 7.11. The Kier molecular flexibility index (Phi) is 6.65. The van der Waals surface area contributed by atoms with Crippen LogP contribution in [0.2, 0.25) is 0 Å². The van der Waals surface area contributed by atoms with Gasteiger partial charge in [-0.2, -0.15) is 0 Å². The molecule has 1 N–H and O–H groups in total. The Morgan fingerprint density at radius 3 is 2.28 bits per heavy atom. The molecule has 1 fully saturated rings. The van der Waals surface area contributed by atoms with Gasteiger partial charge in [-0.1, -0.05) is 25.7 Å². The van der Waals surface area contributed by atoms with Crippen molar-refractivity contribution in [1.29, 1.82) is 0 Å². The lowest BCUT2D eigenvalue weighted by Gasteiger charge is -2.40. The van der Waals surface area contributed by atoms with E-state index in [4.69, 9.17) is 4.74 Å². The maximum absolute atomic E-state index is 5.16. The van der Waals surface area contributed by atoms with Crippen molar-refractivity contribution in [3.05, 3.63) is 0 Å². The van der Waals surface area contributed by atoms with Crippen LogP contribution in [0, 0.1) is 5.41 Å². The maximum Gasteiger partial charge on any atom is 0.0462 e. The third-order valence-electron chi connectivity index (χ3n) is 4.21. The van der Waals surface area contributed by atoms with E-state index in [1.54, 1.807) is 7.11 Å². The molecule has 1 saturated carbocycles. The number of hydrogen-bond donors (Lipinski definition) is 1. The van der Waals surface area contributed by atoms with E-state index < -0.39 is 0 Å². The van der Waals surface area contributed by atoms with E-state index in [1.807, 2.05) is 0 Å². The van der Waals surface area contributed by atoms with Crippen molar-refractivity contribution in [2.45, 2.75) is 77.7 Å². The third kappa shape index (κ3) is 6.19. The molecule has 0 aliphatic heterocycles. The summed E-state index contributed by atoms with van der Waals surface area (Å²) < 4.78 is 5.16. The summed E-state index contributed by atoms with van der Waals surface area (Å²) >= 11 is 0. The molecular formula is C16H33NO. The van der Waals surface area contributed by atoms with Gasteiger partial charge in [0.15, 0.2) is 0 Å². The minimum absolute atomic E-state index is 0.247. The van der Waals surface area contributed by atoms with E-state index in [0.717, 1.165) is 6.61 Å². The molecule has 0 aromatic carbocycles. The lowest BCUT2D eigenvalue weighted by atomic mass is 9.70. The maximum atomic E-state index is 5.16. The smallest absolute Gasteiger partial charge is 0.0462 e. The quantitative estimate of drug-likeness (QED) is 0.690. The molecule has 1 rings (SSSR count). The Labute approximate surface area is 114 Å². The average molecular weight is 255 g/mol. The van der Waals surface area contributed by atoms with Gasteiger partial charge in [-0.3, -0.25) is 0 Å². The van der Waals surface area contributed by atoms with Crippen molar-refractivity contribution >= 4 is 0 Å². The van der Waals surface area contributed by atoms with Crippen molar-refractivity contribution in [3.8, 4) is 0 Å². The Bertz CT molecular complexity index is 214. The van der Waals surface area contributed by atoms with Gasteiger partial charge < -0.3 is 10.1 Å². The molecule has 0 bridgehead atoms. The first-order valence-electron chi connectivity index (χ1n) is 7.71. The zero-order chi connectivity index (χ0) is 13.5. The lowest BCUT2D eigenvalue weighted by molar-refractivity contribution is 0.137. The normalized spacial score (nSPS) is 20.0. The van der Waals surface area contributed by atoms with Crippen LogP contribution in [0.15, 0.2) is 0 Å². The van der Waals surface area contributed by atoms with Crippen molar-refractivity contribution < 1.29 is 4.74 Å². The summed E-state index contributed by atoms with van der Waals surface area (Å²) in [6, 6.07) is 0. The Morgan fingerprint density at radius 2 is 1.72 bits per heavy atom. The fourth-order valence-corrected chi connectivity index (χ4v) is 3.02. The molecule has 0 unspecified atom stereocenters. The predicted molar refractivity (Wildman–Crippen MR) is 79.0 cm³/mol. The summed E-state index contributed by atoms with van der Waals surface area (Å²) in [7, 11) is 1.80. The fourth-order valence-electron chi connectivity index (χ4n) is 3.02. The minimum Gasteiger partial charge on any atom is -0.385 e. The molecule has 2 heteroatoms. The summed E-state index contributed by atoms with van der Waals surface area (Å²) in [4.78, 5) is 0. The van der Waals surface area contributed by atoms with Crippen LogP contribution in [0.3, 0.4) is 0 Å². The van der Waals surface area contributed by atoms with Crippen molar-refractivity contribution in [3.63, 3.8) is 0 Å². The van der Waals surface area contributed by atoms with Crippen LogP contribution in [-0.2, 0) is 4.74 Å². The first-order valence-corrected chi connectivity index (χ1v) is 7.71. The molecule has 0 aromatic rings. The third-order valence-corrected chi connectivity index (χ3v) is 4.21. The van der Waals surface area contributed by atoms with Crippen LogP contribution >= 0.6 is 0 Å². The Hall–Kier alpha value is -0.0800. The molecule has 18 heavy (non-hydrogen) atoms. The fraction of sp³-hybridized carbons (Fsp3) is 1.00. The van der Waals surface area contributed by atoms with Gasteiger partial charge in [-0.25, -0.2) is 0 Å². The lowest BCUT2D eigenvalue weighted by Crippen LogP contribution is -2.44. The van der Waals surface area contributed by atoms with Crippen molar-refractivity contribution in [2.75, 3.05) is 20.3 Å². The number of ether oxygens (including phenoxy) is 1. The molecular weight excluding hydrogens is 222 g/mol. The van der Waals surface area contributed by atoms with Crippen LogP contribution in [0.4, 0.5) is 0 Å². The standard InChI is InChI=1S/C16H33NO/c1-15(2,3)17-14-16(10-6-5-7-11-16)12-8-9-13-18-4/h17H,5-14H2,1-4H3. The zero-order valence-corrected chi connectivity index (χ0v) is 13.0. The molecule has 1 aliphatic carbocycles. The number of hydrogen-bond acceptors (Lipinski definition) is 2.